The summed E-state index contributed by atoms with van der Waals surface area (Å²) in [4.78, 5) is 21.1. The highest BCUT2D eigenvalue weighted by molar-refractivity contribution is 7.13. The second-order valence-electron chi connectivity index (χ2n) is 6.43. The van der Waals surface area contributed by atoms with Crippen molar-refractivity contribution in [3.63, 3.8) is 0 Å². The third-order valence-electron chi connectivity index (χ3n) is 4.63. The Bertz CT molecular complexity index is 882. The van der Waals surface area contributed by atoms with Crippen molar-refractivity contribution in [1.29, 1.82) is 0 Å². The van der Waals surface area contributed by atoms with Crippen LogP contribution in [-0.2, 0) is 0 Å². The molecule has 0 aromatic carbocycles. The number of rotatable bonds is 4. The lowest BCUT2D eigenvalue weighted by atomic mass is 9.89. The molecule has 25 heavy (non-hydrogen) atoms. The van der Waals surface area contributed by atoms with Gasteiger partial charge < -0.3 is 11.1 Å². The number of anilines is 1. The van der Waals surface area contributed by atoms with Crippen LogP contribution < -0.4 is 11.1 Å². The van der Waals surface area contributed by atoms with Gasteiger partial charge in [0.25, 0.3) is 5.91 Å². The highest BCUT2D eigenvalue weighted by atomic mass is 32.1. The van der Waals surface area contributed by atoms with Gasteiger partial charge in [0.15, 0.2) is 10.7 Å². The fourth-order valence-corrected chi connectivity index (χ4v) is 3.86. The number of carbonyl (C=O) groups excluding carboxylic acids is 1. The number of amides is 1. The summed E-state index contributed by atoms with van der Waals surface area (Å²) in [5.41, 5.74) is 7.13. The van der Waals surface area contributed by atoms with E-state index in [0.717, 1.165) is 11.6 Å². The first-order chi connectivity index (χ1) is 12.2. The zero-order chi connectivity index (χ0) is 17.2. The molecule has 1 fully saturated rings. The van der Waals surface area contributed by atoms with Gasteiger partial charge in [-0.1, -0.05) is 19.3 Å². The number of carbonyl (C=O) groups is 1. The van der Waals surface area contributed by atoms with Crippen molar-refractivity contribution in [2.75, 3.05) is 12.3 Å². The van der Waals surface area contributed by atoms with Gasteiger partial charge in [-0.3, -0.25) is 4.79 Å². The molecule has 1 saturated carbocycles. The van der Waals surface area contributed by atoms with E-state index in [2.05, 4.69) is 20.4 Å². The molecule has 4 rings (SSSR count). The van der Waals surface area contributed by atoms with E-state index in [1.807, 2.05) is 5.38 Å². The largest absolute Gasteiger partial charge is 0.384 e. The minimum atomic E-state index is -0.112. The lowest BCUT2D eigenvalue weighted by Gasteiger charge is -2.21. The first-order valence-corrected chi connectivity index (χ1v) is 9.43. The van der Waals surface area contributed by atoms with Crippen LogP contribution in [0.15, 0.2) is 23.7 Å². The lowest BCUT2D eigenvalue weighted by molar-refractivity contribution is 0.0943. The van der Waals surface area contributed by atoms with Gasteiger partial charge in [-0.05, 0) is 30.9 Å². The molecule has 3 heterocycles. The highest BCUT2D eigenvalue weighted by Crippen LogP contribution is 2.23. The summed E-state index contributed by atoms with van der Waals surface area (Å²) in [6.07, 6.45) is 7.94. The van der Waals surface area contributed by atoms with Crippen LogP contribution in [0.2, 0.25) is 0 Å². The number of fused-ring (bicyclic) bond motifs is 1. The van der Waals surface area contributed by atoms with Gasteiger partial charge in [0.1, 0.15) is 5.82 Å². The summed E-state index contributed by atoms with van der Waals surface area (Å²) in [5.74, 6) is 1.37. The van der Waals surface area contributed by atoms with Gasteiger partial charge in [-0.2, -0.15) is 4.52 Å². The molecule has 1 aliphatic carbocycles. The number of nitrogen functional groups attached to an aromatic ring is 1. The fourth-order valence-electron chi connectivity index (χ4n) is 3.29. The molecule has 0 aliphatic heterocycles. The van der Waals surface area contributed by atoms with E-state index >= 15 is 0 Å². The van der Waals surface area contributed by atoms with Crippen molar-refractivity contribution < 1.29 is 4.79 Å². The molecule has 0 unspecified atom stereocenters. The molecule has 3 aromatic rings. The molecule has 7 nitrogen and oxygen atoms in total. The Kier molecular flexibility index (Phi) is 4.35. The van der Waals surface area contributed by atoms with Crippen LogP contribution >= 0.6 is 11.3 Å². The van der Waals surface area contributed by atoms with Crippen molar-refractivity contribution in [1.82, 2.24) is 24.9 Å². The summed E-state index contributed by atoms with van der Waals surface area (Å²) in [6, 6.07) is 3.36. The molecule has 0 saturated heterocycles. The average Bonchev–Trinajstić information content (AvgIpc) is 3.29. The minimum Gasteiger partial charge on any atom is -0.384 e. The van der Waals surface area contributed by atoms with Crippen LogP contribution in [0.5, 0.6) is 0 Å². The van der Waals surface area contributed by atoms with Gasteiger partial charge in [-0.15, -0.1) is 16.4 Å². The Morgan fingerprint density at radius 1 is 1.32 bits per heavy atom. The Hall–Kier alpha value is -2.48. The van der Waals surface area contributed by atoms with Crippen molar-refractivity contribution in [3.8, 4) is 10.8 Å². The van der Waals surface area contributed by atoms with Crippen LogP contribution in [-0.4, -0.2) is 32.0 Å². The molecule has 0 radical (unpaired) electrons. The molecule has 1 amide bonds. The molecule has 0 atom stereocenters. The van der Waals surface area contributed by atoms with Crippen LogP contribution in [0.25, 0.3) is 16.5 Å². The van der Waals surface area contributed by atoms with Crippen LogP contribution in [0.3, 0.4) is 0 Å². The van der Waals surface area contributed by atoms with Crippen LogP contribution in [0.1, 0.15) is 42.5 Å². The summed E-state index contributed by atoms with van der Waals surface area (Å²) >= 11 is 1.46. The molecule has 3 N–H and O–H groups in total. The number of thiazole rings is 1. The first-order valence-electron chi connectivity index (χ1n) is 8.55. The zero-order valence-electron chi connectivity index (χ0n) is 13.8. The lowest BCUT2D eigenvalue weighted by Crippen LogP contribution is -2.30. The third-order valence-corrected chi connectivity index (χ3v) is 5.40. The monoisotopic (exact) mass is 356 g/mol. The van der Waals surface area contributed by atoms with E-state index < -0.39 is 0 Å². The smallest absolute Gasteiger partial charge is 0.251 e. The van der Waals surface area contributed by atoms with Gasteiger partial charge in [0.05, 0.1) is 0 Å². The zero-order valence-corrected chi connectivity index (χ0v) is 14.6. The maximum atomic E-state index is 12.5. The summed E-state index contributed by atoms with van der Waals surface area (Å²) in [7, 11) is 0. The number of hydrogen-bond acceptors (Lipinski definition) is 6. The Morgan fingerprint density at radius 2 is 2.16 bits per heavy atom. The van der Waals surface area contributed by atoms with E-state index in [-0.39, 0.29) is 5.91 Å². The number of aromatic nitrogens is 4. The molecule has 0 bridgehead atoms. The van der Waals surface area contributed by atoms with E-state index in [4.69, 9.17) is 5.73 Å². The number of nitrogens with two attached hydrogens (primary N) is 1. The predicted molar refractivity (Wildman–Crippen MR) is 97.4 cm³/mol. The Labute approximate surface area is 149 Å². The molecule has 0 spiro atoms. The topological polar surface area (TPSA) is 98.2 Å². The number of pyridine rings is 1. The van der Waals surface area contributed by atoms with Gasteiger partial charge >= 0.3 is 0 Å². The quantitative estimate of drug-likeness (QED) is 0.749. The number of nitrogens with zero attached hydrogens (tertiary/aromatic N) is 4. The summed E-state index contributed by atoms with van der Waals surface area (Å²) < 4.78 is 1.54. The second kappa shape index (κ2) is 6.79. The molecule has 1 aliphatic rings. The van der Waals surface area contributed by atoms with E-state index in [0.29, 0.717) is 28.8 Å². The number of hydrogen-bond donors (Lipinski definition) is 2. The molecule has 130 valence electrons. The average molecular weight is 356 g/mol. The third kappa shape index (κ3) is 3.34. The predicted octanol–water partition coefficient (Wildman–Crippen LogP) is 2.75. The molecule has 3 aromatic heterocycles. The van der Waals surface area contributed by atoms with Crippen LogP contribution in [0, 0.1) is 5.92 Å². The van der Waals surface area contributed by atoms with Crippen molar-refractivity contribution in [2.24, 2.45) is 5.92 Å². The van der Waals surface area contributed by atoms with Crippen molar-refractivity contribution in [2.45, 2.75) is 32.1 Å². The first kappa shape index (κ1) is 16.0. The van der Waals surface area contributed by atoms with Gasteiger partial charge in [-0.25, -0.2) is 9.97 Å². The molecular weight excluding hydrogens is 336 g/mol. The van der Waals surface area contributed by atoms with Crippen molar-refractivity contribution in [3.05, 3.63) is 29.3 Å². The normalized spacial score (nSPS) is 15.5. The Morgan fingerprint density at radius 3 is 2.92 bits per heavy atom. The Balaban J connectivity index is 1.54. The SMILES string of the molecule is Nc1cc(C(=O)NCC2CCCCC2)cc2nc(-c3nccs3)nn12. The van der Waals surface area contributed by atoms with E-state index in [1.54, 1.807) is 18.3 Å². The minimum absolute atomic E-state index is 0.112. The summed E-state index contributed by atoms with van der Waals surface area (Å²) in [6.45, 7) is 0.723. The van der Waals surface area contributed by atoms with Gasteiger partial charge in [0, 0.05) is 23.7 Å². The highest BCUT2D eigenvalue weighted by Gasteiger charge is 2.17. The maximum absolute atomic E-state index is 12.5. The van der Waals surface area contributed by atoms with E-state index in [1.165, 1.54) is 48.0 Å². The number of nitrogens with one attached hydrogen (secondary N) is 1. The summed E-state index contributed by atoms with van der Waals surface area (Å²) in [5, 5.41) is 10.0. The van der Waals surface area contributed by atoms with E-state index in [9.17, 15) is 4.79 Å². The fraction of sp³-hybridized carbons (Fsp3) is 0.412. The molecular formula is C17H20N6OS. The second-order valence-corrected chi connectivity index (χ2v) is 7.32. The molecule has 8 heteroatoms. The standard InChI is InChI=1S/C17H20N6OS/c18-13-8-12(16(24)20-10-11-4-2-1-3-5-11)9-14-21-15(22-23(13)14)17-19-6-7-25-17/h6-9,11H,1-5,10,18H2,(H,20,24). The van der Waals surface area contributed by atoms with Gasteiger partial charge in [0.2, 0.25) is 5.82 Å². The van der Waals surface area contributed by atoms with Crippen molar-refractivity contribution >= 4 is 28.7 Å². The van der Waals surface area contributed by atoms with Crippen LogP contribution in [0.4, 0.5) is 5.82 Å². The maximum Gasteiger partial charge on any atom is 0.251 e.